The largest absolute Gasteiger partial charge is 0.378 e. The van der Waals surface area contributed by atoms with Crippen molar-refractivity contribution in [2.24, 2.45) is 0 Å². The predicted octanol–water partition coefficient (Wildman–Crippen LogP) is 2.19. The van der Waals surface area contributed by atoms with Crippen LogP contribution in [-0.4, -0.2) is 66.3 Å². The highest BCUT2D eigenvalue weighted by atomic mass is 19.1. The minimum Gasteiger partial charge on any atom is -0.378 e. The maximum Gasteiger partial charge on any atom is 0.255 e. The number of aromatic nitrogens is 2. The van der Waals surface area contributed by atoms with Crippen molar-refractivity contribution in [3.05, 3.63) is 57.3 Å². The zero-order chi connectivity index (χ0) is 23.2. The number of aromatic amines is 1. The lowest BCUT2D eigenvalue weighted by Crippen LogP contribution is -2.39. The molecule has 4 rings (SSSR count). The Balaban J connectivity index is 1.44. The van der Waals surface area contributed by atoms with E-state index < -0.39 is 0 Å². The van der Waals surface area contributed by atoms with E-state index in [1.54, 1.807) is 17.9 Å². The summed E-state index contributed by atoms with van der Waals surface area (Å²) in [6, 6.07) is 6.28. The molecule has 33 heavy (non-hydrogen) atoms. The van der Waals surface area contributed by atoms with E-state index in [0.29, 0.717) is 69.6 Å². The minimum absolute atomic E-state index is 0.0119. The molecule has 0 aliphatic carbocycles. The topological polar surface area (TPSA) is 87.8 Å². The van der Waals surface area contributed by atoms with Crippen molar-refractivity contribution in [2.45, 2.75) is 45.3 Å². The van der Waals surface area contributed by atoms with Crippen LogP contribution in [-0.2, 0) is 27.2 Å². The number of carbonyl (C=O) groups is 1. The molecule has 1 unspecified atom stereocenters. The summed E-state index contributed by atoms with van der Waals surface area (Å²) in [6.45, 7) is 5.82. The Labute approximate surface area is 192 Å². The number of hydrogen-bond acceptors (Lipinski definition) is 6. The highest BCUT2D eigenvalue weighted by Gasteiger charge is 2.24. The zero-order valence-electron chi connectivity index (χ0n) is 19.0. The fraction of sp³-hybridized carbons (Fsp3) is 0.542. The Morgan fingerprint density at radius 1 is 1.30 bits per heavy atom. The van der Waals surface area contributed by atoms with Crippen LogP contribution in [0, 0.1) is 12.7 Å². The highest BCUT2D eigenvalue weighted by Crippen LogP contribution is 2.18. The second kappa shape index (κ2) is 10.9. The molecule has 2 aliphatic heterocycles. The molecule has 9 heteroatoms. The Kier molecular flexibility index (Phi) is 7.72. The fourth-order valence-electron chi connectivity index (χ4n) is 4.35. The lowest BCUT2D eigenvalue weighted by Gasteiger charge is -2.27. The van der Waals surface area contributed by atoms with Crippen LogP contribution in [0.3, 0.4) is 0 Å². The van der Waals surface area contributed by atoms with Crippen LogP contribution in [0.5, 0.6) is 0 Å². The number of nitrogens with zero attached hydrogens (tertiary/aromatic N) is 3. The van der Waals surface area contributed by atoms with E-state index in [-0.39, 0.29) is 29.8 Å². The number of carbonyl (C=O) groups excluding carboxylic acids is 1. The summed E-state index contributed by atoms with van der Waals surface area (Å²) in [4.78, 5) is 37.0. The Morgan fingerprint density at radius 2 is 2.12 bits per heavy atom. The van der Waals surface area contributed by atoms with Crippen LogP contribution in [0.4, 0.5) is 10.3 Å². The van der Waals surface area contributed by atoms with Crippen molar-refractivity contribution >= 4 is 11.9 Å². The lowest BCUT2D eigenvalue weighted by molar-refractivity contribution is -0.133. The van der Waals surface area contributed by atoms with Gasteiger partial charge < -0.3 is 19.3 Å². The first-order valence-electron chi connectivity index (χ1n) is 11.6. The molecular weight excluding hydrogens is 427 g/mol. The van der Waals surface area contributed by atoms with Crippen molar-refractivity contribution < 1.29 is 18.7 Å². The number of halogens is 1. The van der Waals surface area contributed by atoms with E-state index in [4.69, 9.17) is 9.47 Å². The van der Waals surface area contributed by atoms with Gasteiger partial charge in [-0.2, -0.15) is 0 Å². The molecule has 1 aromatic carbocycles. The van der Waals surface area contributed by atoms with Gasteiger partial charge in [0.25, 0.3) is 5.56 Å². The number of hydrogen-bond donors (Lipinski definition) is 1. The molecule has 2 fully saturated rings. The molecule has 1 N–H and O–H groups in total. The number of aryl methyl sites for hydroxylation is 1. The van der Waals surface area contributed by atoms with Gasteiger partial charge in [0.05, 0.1) is 19.3 Å². The summed E-state index contributed by atoms with van der Waals surface area (Å²) in [5.41, 5.74) is 1.66. The average molecular weight is 459 g/mol. The van der Waals surface area contributed by atoms with Gasteiger partial charge in [-0.1, -0.05) is 12.1 Å². The molecule has 0 radical (unpaired) electrons. The van der Waals surface area contributed by atoms with Crippen LogP contribution < -0.4 is 10.5 Å². The molecule has 2 aromatic rings. The van der Waals surface area contributed by atoms with Crippen molar-refractivity contribution in [3.8, 4) is 0 Å². The van der Waals surface area contributed by atoms with Crippen molar-refractivity contribution in [2.75, 3.05) is 44.4 Å². The van der Waals surface area contributed by atoms with Crippen LogP contribution in [0.1, 0.15) is 36.1 Å². The van der Waals surface area contributed by atoms with Gasteiger partial charge in [0, 0.05) is 50.5 Å². The second-order valence-corrected chi connectivity index (χ2v) is 8.59. The number of rotatable bonds is 8. The molecule has 1 amide bonds. The van der Waals surface area contributed by atoms with Gasteiger partial charge in [-0.25, -0.2) is 9.37 Å². The summed E-state index contributed by atoms with van der Waals surface area (Å²) in [7, 11) is 0. The number of anilines is 1. The van der Waals surface area contributed by atoms with E-state index in [1.165, 1.54) is 12.1 Å². The average Bonchev–Trinajstić information content (AvgIpc) is 3.32. The SMILES string of the molecule is Cc1nc(N2CCOCC2)[nH]c(=O)c1CCC(=O)N(Cc1cccc(F)c1)CC1CCCO1. The third kappa shape index (κ3) is 6.17. The van der Waals surface area contributed by atoms with E-state index >= 15 is 0 Å². The summed E-state index contributed by atoms with van der Waals surface area (Å²) in [5.74, 6) is 0.124. The van der Waals surface area contributed by atoms with E-state index in [2.05, 4.69) is 9.97 Å². The van der Waals surface area contributed by atoms with Gasteiger partial charge >= 0.3 is 0 Å². The molecule has 178 valence electrons. The molecule has 0 saturated carbocycles. The van der Waals surface area contributed by atoms with Gasteiger partial charge in [-0.3, -0.25) is 14.6 Å². The smallest absolute Gasteiger partial charge is 0.255 e. The number of ether oxygens (including phenoxy) is 2. The summed E-state index contributed by atoms with van der Waals surface area (Å²) < 4.78 is 24.7. The van der Waals surface area contributed by atoms with E-state index in [1.807, 2.05) is 11.0 Å². The molecule has 3 heterocycles. The Morgan fingerprint density at radius 3 is 2.82 bits per heavy atom. The molecule has 0 spiro atoms. The normalized spacial score (nSPS) is 18.5. The van der Waals surface area contributed by atoms with Crippen LogP contribution in [0.25, 0.3) is 0 Å². The first-order chi connectivity index (χ1) is 16.0. The zero-order valence-corrected chi connectivity index (χ0v) is 19.0. The standard InChI is InChI=1S/C24H31FN4O4/c1-17-21(23(31)27-24(26-17)28-9-12-32-13-10-28)7-8-22(30)29(16-20-6-3-11-33-20)15-18-4-2-5-19(25)14-18/h2,4-5,14,20H,3,6-13,15-16H2,1H3,(H,26,27,31). The van der Waals surface area contributed by atoms with Crippen molar-refractivity contribution in [1.29, 1.82) is 0 Å². The quantitative estimate of drug-likeness (QED) is 0.653. The third-order valence-electron chi connectivity index (χ3n) is 6.17. The number of benzene rings is 1. The molecule has 1 aromatic heterocycles. The maximum atomic E-state index is 13.7. The van der Waals surface area contributed by atoms with Gasteiger partial charge in [0.1, 0.15) is 5.82 Å². The number of amides is 1. The van der Waals surface area contributed by atoms with Crippen LogP contribution in [0.15, 0.2) is 29.1 Å². The molecule has 8 nitrogen and oxygen atoms in total. The number of morpholine rings is 1. The van der Waals surface area contributed by atoms with Crippen LogP contribution >= 0.6 is 0 Å². The maximum absolute atomic E-state index is 13.7. The number of nitrogens with one attached hydrogen (secondary N) is 1. The molecular formula is C24H31FN4O4. The van der Waals surface area contributed by atoms with E-state index in [0.717, 1.165) is 18.4 Å². The minimum atomic E-state index is -0.328. The molecule has 2 aliphatic rings. The van der Waals surface area contributed by atoms with E-state index in [9.17, 15) is 14.0 Å². The highest BCUT2D eigenvalue weighted by molar-refractivity contribution is 5.76. The summed E-state index contributed by atoms with van der Waals surface area (Å²) in [5, 5.41) is 0. The molecule has 0 bridgehead atoms. The first kappa shape index (κ1) is 23.4. The van der Waals surface area contributed by atoms with Crippen molar-refractivity contribution in [1.82, 2.24) is 14.9 Å². The lowest BCUT2D eigenvalue weighted by atomic mass is 10.1. The van der Waals surface area contributed by atoms with Gasteiger partial charge in [0.15, 0.2) is 0 Å². The molecule has 2 saturated heterocycles. The molecule has 1 atom stereocenters. The Hall–Kier alpha value is -2.78. The van der Waals surface area contributed by atoms with Crippen molar-refractivity contribution in [3.63, 3.8) is 0 Å². The summed E-state index contributed by atoms with van der Waals surface area (Å²) >= 11 is 0. The second-order valence-electron chi connectivity index (χ2n) is 8.59. The Bertz CT molecular complexity index is 1020. The summed E-state index contributed by atoms with van der Waals surface area (Å²) in [6.07, 6.45) is 2.33. The third-order valence-corrected chi connectivity index (χ3v) is 6.17. The fourth-order valence-corrected chi connectivity index (χ4v) is 4.35. The van der Waals surface area contributed by atoms with Gasteiger partial charge in [-0.05, 0) is 43.9 Å². The van der Waals surface area contributed by atoms with Gasteiger partial charge in [-0.15, -0.1) is 0 Å². The monoisotopic (exact) mass is 458 g/mol. The van der Waals surface area contributed by atoms with Crippen LogP contribution in [0.2, 0.25) is 0 Å². The first-order valence-corrected chi connectivity index (χ1v) is 11.6. The predicted molar refractivity (Wildman–Crippen MR) is 122 cm³/mol. The number of H-pyrrole nitrogens is 1. The van der Waals surface area contributed by atoms with Gasteiger partial charge in [0.2, 0.25) is 11.9 Å².